The van der Waals surface area contributed by atoms with Crippen LogP contribution < -0.4 is 5.32 Å². The van der Waals surface area contributed by atoms with Gasteiger partial charge in [0.05, 0.1) is 29.2 Å². The number of nitrogens with one attached hydrogen (secondary N) is 1. The highest BCUT2D eigenvalue weighted by atomic mass is 79.9. The largest absolute Gasteiger partial charge is 0.376 e. The van der Waals surface area contributed by atoms with Crippen LogP contribution in [0.3, 0.4) is 0 Å². The van der Waals surface area contributed by atoms with Crippen LogP contribution in [0.15, 0.2) is 53.0 Å². The number of rotatable bonds is 4. The van der Waals surface area contributed by atoms with E-state index in [9.17, 15) is 0 Å². The van der Waals surface area contributed by atoms with E-state index in [0.717, 1.165) is 15.7 Å². The second-order valence-corrected chi connectivity index (χ2v) is 5.42. The van der Waals surface area contributed by atoms with Gasteiger partial charge in [-0.05, 0) is 23.8 Å². The van der Waals surface area contributed by atoms with E-state index >= 15 is 0 Å². The average molecular weight is 336 g/mol. The van der Waals surface area contributed by atoms with Gasteiger partial charge >= 0.3 is 0 Å². The quantitative estimate of drug-likeness (QED) is 0.836. The molecule has 0 amide bonds. The molecule has 0 aliphatic heterocycles. The molecule has 0 saturated heterocycles. The fourth-order valence-corrected chi connectivity index (χ4v) is 2.36. The van der Waals surface area contributed by atoms with Crippen molar-refractivity contribution < 1.29 is 0 Å². The Morgan fingerprint density at radius 2 is 1.95 bits per heavy atom. The average Bonchev–Trinajstić information content (AvgIpc) is 2.43. The van der Waals surface area contributed by atoms with E-state index < -0.39 is 0 Å². The van der Waals surface area contributed by atoms with Gasteiger partial charge in [-0.2, -0.15) is 5.26 Å². The maximum atomic E-state index is 8.97. The van der Waals surface area contributed by atoms with Crippen LogP contribution in [0.25, 0.3) is 0 Å². The van der Waals surface area contributed by atoms with E-state index in [0.29, 0.717) is 11.4 Å². The monoisotopic (exact) mass is 334 g/mol. The zero-order valence-electron chi connectivity index (χ0n) is 10.1. The van der Waals surface area contributed by atoms with Crippen LogP contribution in [0.2, 0.25) is 5.02 Å². The van der Waals surface area contributed by atoms with Crippen LogP contribution in [-0.2, 0) is 0 Å². The normalized spacial score (nSPS) is 11.6. The third kappa shape index (κ3) is 3.73. The van der Waals surface area contributed by atoms with Gasteiger partial charge < -0.3 is 5.32 Å². The van der Waals surface area contributed by atoms with Crippen molar-refractivity contribution in [1.29, 1.82) is 5.26 Å². The lowest BCUT2D eigenvalue weighted by Crippen LogP contribution is -2.10. The maximum Gasteiger partial charge on any atom is 0.0647 e. The van der Waals surface area contributed by atoms with Gasteiger partial charge in [-0.15, -0.1) is 0 Å². The molecular formula is C15H12BrClN2. The van der Waals surface area contributed by atoms with Crippen molar-refractivity contribution in [2.24, 2.45) is 0 Å². The number of hydrogen-bond acceptors (Lipinski definition) is 2. The van der Waals surface area contributed by atoms with Crippen LogP contribution >= 0.6 is 27.5 Å². The summed E-state index contributed by atoms with van der Waals surface area (Å²) in [6.07, 6.45) is 0.382. The Hall–Kier alpha value is -1.50. The van der Waals surface area contributed by atoms with Crippen LogP contribution in [0, 0.1) is 11.3 Å². The van der Waals surface area contributed by atoms with Gasteiger partial charge in [0.15, 0.2) is 0 Å². The third-order valence-electron chi connectivity index (χ3n) is 2.76. The summed E-state index contributed by atoms with van der Waals surface area (Å²) in [4.78, 5) is 0. The summed E-state index contributed by atoms with van der Waals surface area (Å²) in [5, 5.41) is 12.9. The summed E-state index contributed by atoms with van der Waals surface area (Å²) in [5.41, 5.74) is 1.89. The van der Waals surface area contributed by atoms with Gasteiger partial charge in [-0.25, -0.2) is 0 Å². The van der Waals surface area contributed by atoms with Crippen LogP contribution in [0.5, 0.6) is 0 Å². The van der Waals surface area contributed by atoms with Gasteiger partial charge in [0, 0.05) is 4.47 Å². The molecule has 2 rings (SSSR count). The highest BCUT2D eigenvalue weighted by Crippen LogP contribution is 2.30. The molecule has 4 heteroatoms. The van der Waals surface area contributed by atoms with Crippen LogP contribution in [-0.4, -0.2) is 0 Å². The second kappa shape index (κ2) is 6.60. The summed E-state index contributed by atoms with van der Waals surface area (Å²) in [6, 6.07) is 17.6. The minimum atomic E-state index is -0.0713. The van der Waals surface area contributed by atoms with Crippen molar-refractivity contribution in [3.63, 3.8) is 0 Å². The van der Waals surface area contributed by atoms with Crippen molar-refractivity contribution in [2.75, 3.05) is 5.32 Å². The summed E-state index contributed by atoms with van der Waals surface area (Å²) >= 11 is 9.58. The minimum absolute atomic E-state index is 0.0713. The van der Waals surface area contributed by atoms with Crippen LogP contribution in [0.1, 0.15) is 18.0 Å². The molecule has 0 aliphatic carbocycles. The molecule has 0 spiro atoms. The smallest absolute Gasteiger partial charge is 0.0647 e. The lowest BCUT2D eigenvalue weighted by molar-refractivity contribution is 0.806. The standard InChI is InChI=1S/C15H12BrClN2/c16-12-6-7-13(17)15(10-12)19-14(8-9-18)11-4-2-1-3-5-11/h1-7,10,14,19H,8H2. The fourth-order valence-electron chi connectivity index (χ4n) is 1.82. The Labute approximate surface area is 126 Å². The van der Waals surface area contributed by atoms with Crippen molar-refractivity contribution in [3.05, 3.63) is 63.6 Å². The highest BCUT2D eigenvalue weighted by molar-refractivity contribution is 9.10. The van der Waals surface area contributed by atoms with Crippen molar-refractivity contribution in [2.45, 2.75) is 12.5 Å². The fraction of sp³-hybridized carbons (Fsp3) is 0.133. The molecule has 1 atom stereocenters. The molecule has 96 valence electrons. The Kier molecular flexibility index (Phi) is 4.84. The molecule has 2 aromatic rings. The number of nitriles is 1. The van der Waals surface area contributed by atoms with Gasteiger partial charge in [0.1, 0.15) is 0 Å². The number of hydrogen-bond donors (Lipinski definition) is 1. The first-order valence-electron chi connectivity index (χ1n) is 5.84. The summed E-state index contributed by atoms with van der Waals surface area (Å²) < 4.78 is 0.947. The first kappa shape index (κ1) is 13.9. The number of anilines is 1. The molecular weight excluding hydrogens is 324 g/mol. The van der Waals surface area contributed by atoms with Crippen molar-refractivity contribution in [3.8, 4) is 6.07 Å². The number of halogens is 2. The predicted molar refractivity (Wildman–Crippen MR) is 82.2 cm³/mol. The van der Waals surface area contributed by atoms with Gasteiger partial charge in [-0.3, -0.25) is 0 Å². The second-order valence-electron chi connectivity index (χ2n) is 4.09. The minimum Gasteiger partial charge on any atom is -0.376 e. The third-order valence-corrected chi connectivity index (χ3v) is 3.58. The van der Waals surface area contributed by atoms with Gasteiger partial charge in [0.25, 0.3) is 0 Å². The molecule has 2 nitrogen and oxygen atoms in total. The van der Waals surface area contributed by atoms with Crippen LogP contribution in [0.4, 0.5) is 5.69 Å². The Morgan fingerprint density at radius 3 is 2.63 bits per heavy atom. The van der Waals surface area contributed by atoms with E-state index in [1.54, 1.807) is 0 Å². The topological polar surface area (TPSA) is 35.8 Å². The van der Waals surface area contributed by atoms with E-state index in [4.69, 9.17) is 16.9 Å². The molecule has 0 aromatic heterocycles. The zero-order valence-corrected chi connectivity index (χ0v) is 12.4. The summed E-state index contributed by atoms with van der Waals surface area (Å²) in [5.74, 6) is 0. The SMILES string of the molecule is N#CCC(Nc1cc(Br)ccc1Cl)c1ccccc1. The van der Waals surface area contributed by atoms with E-state index in [-0.39, 0.29) is 6.04 Å². The molecule has 1 N–H and O–H groups in total. The molecule has 19 heavy (non-hydrogen) atoms. The Morgan fingerprint density at radius 1 is 1.21 bits per heavy atom. The van der Waals surface area contributed by atoms with E-state index in [1.807, 2.05) is 48.5 Å². The highest BCUT2D eigenvalue weighted by Gasteiger charge is 2.12. The molecule has 0 radical (unpaired) electrons. The van der Waals surface area contributed by atoms with Gasteiger partial charge in [0.2, 0.25) is 0 Å². The molecule has 0 heterocycles. The molecule has 0 saturated carbocycles. The first-order valence-corrected chi connectivity index (χ1v) is 7.01. The summed E-state index contributed by atoms with van der Waals surface area (Å²) in [6.45, 7) is 0. The van der Waals surface area contributed by atoms with E-state index in [2.05, 4.69) is 27.3 Å². The zero-order chi connectivity index (χ0) is 13.7. The maximum absolute atomic E-state index is 8.97. The predicted octanol–water partition coefficient (Wildman–Crippen LogP) is 5.17. The summed E-state index contributed by atoms with van der Waals surface area (Å²) in [7, 11) is 0. The van der Waals surface area contributed by atoms with Gasteiger partial charge in [-0.1, -0.05) is 57.9 Å². The molecule has 0 aliphatic rings. The molecule has 0 bridgehead atoms. The lowest BCUT2D eigenvalue weighted by Gasteiger charge is -2.18. The molecule has 0 fully saturated rings. The Bertz CT molecular complexity index is 593. The van der Waals surface area contributed by atoms with Crippen molar-refractivity contribution in [1.82, 2.24) is 0 Å². The lowest BCUT2D eigenvalue weighted by atomic mass is 10.0. The number of benzene rings is 2. The van der Waals surface area contributed by atoms with Crippen molar-refractivity contribution >= 4 is 33.2 Å². The Balaban J connectivity index is 2.27. The number of nitrogens with zero attached hydrogens (tertiary/aromatic N) is 1. The first-order chi connectivity index (χ1) is 9.20. The van der Waals surface area contributed by atoms with E-state index in [1.165, 1.54) is 0 Å². The molecule has 1 unspecified atom stereocenters. The molecule has 2 aromatic carbocycles.